The third kappa shape index (κ3) is 2.10. The molecule has 0 aliphatic carbocycles. The molecular weight excluding hydrogens is 284 g/mol. The van der Waals surface area contributed by atoms with E-state index in [1.807, 2.05) is 0 Å². The van der Waals surface area contributed by atoms with E-state index in [0.29, 0.717) is 32.6 Å². The highest BCUT2D eigenvalue weighted by molar-refractivity contribution is 7.89. The van der Waals surface area contributed by atoms with Gasteiger partial charge in [0.15, 0.2) is 16.6 Å². The van der Waals surface area contributed by atoms with Crippen LogP contribution in [0.3, 0.4) is 0 Å². The van der Waals surface area contributed by atoms with Crippen molar-refractivity contribution in [3.63, 3.8) is 0 Å². The van der Waals surface area contributed by atoms with Crippen LogP contribution in [0.4, 0.5) is 5.82 Å². The highest BCUT2D eigenvalue weighted by Gasteiger charge is 2.45. The number of nitrogens with zero attached hydrogens (tertiary/aromatic N) is 3. The lowest BCUT2D eigenvalue weighted by Crippen LogP contribution is -2.51. The Morgan fingerprint density at radius 3 is 2.70 bits per heavy atom. The first-order valence-electron chi connectivity index (χ1n) is 6.49. The van der Waals surface area contributed by atoms with Gasteiger partial charge in [0.05, 0.1) is 26.1 Å². The molecular formula is C11H18N4O4S. The average Bonchev–Trinajstić information content (AvgIpc) is 2.97. The SMILES string of the molecule is Cn1cnc(N)c1S(=O)(=O)N1CCCC2(C1)OCCO2. The van der Waals surface area contributed by atoms with Gasteiger partial charge in [0.2, 0.25) is 0 Å². The lowest BCUT2D eigenvalue weighted by Gasteiger charge is -2.37. The fourth-order valence-corrected chi connectivity index (χ4v) is 4.47. The van der Waals surface area contributed by atoms with Gasteiger partial charge in [0.25, 0.3) is 10.0 Å². The van der Waals surface area contributed by atoms with E-state index < -0.39 is 15.8 Å². The van der Waals surface area contributed by atoms with Crippen molar-refractivity contribution in [3.8, 4) is 0 Å². The second kappa shape index (κ2) is 4.69. The molecule has 0 saturated carbocycles. The minimum absolute atomic E-state index is 0.0142. The summed E-state index contributed by atoms with van der Waals surface area (Å²) in [6.07, 6.45) is 2.79. The van der Waals surface area contributed by atoms with E-state index in [4.69, 9.17) is 15.2 Å². The molecule has 1 spiro atoms. The molecule has 0 unspecified atom stereocenters. The van der Waals surface area contributed by atoms with Gasteiger partial charge in [-0.2, -0.15) is 4.31 Å². The van der Waals surface area contributed by atoms with Crippen LogP contribution in [0.25, 0.3) is 0 Å². The molecule has 8 nitrogen and oxygen atoms in total. The molecule has 1 aromatic heterocycles. The smallest absolute Gasteiger partial charge is 0.262 e. The zero-order valence-electron chi connectivity index (χ0n) is 11.3. The van der Waals surface area contributed by atoms with E-state index in [1.165, 1.54) is 15.2 Å². The zero-order valence-corrected chi connectivity index (χ0v) is 12.1. The maximum absolute atomic E-state index is 12.7. The van der Waals surface area contributed by atoms with Gasteiger partial charge < -0.3 is 19.8 Å². The maximum Gasteiger partial charge on any atom is 0.262 e. The fraction of sp³-hybridized carbons (Fsp3) is 0.727. The van der Waals surface area contributed by atoms with Gasteiger partial charge in [-0.05, 0) is 6.42 Å². The number of rotatable bonds is 2. The Balaban J connectivity index is 1.92. The third-order valence-electron chi connectivity index (χ3n) is 3.69. The zero-order chi connectivity index (χ0) is 14.4. The first-order chi connectivity index (χ1) is 9.45. The highest BCUT2D eigenvalue weighted by Crippen LogP contribution is 2.33. The number of piperidine rings is 1. The van der Waals surface area contributed by atoms with Crippen molar-refractivity contribution in [2.75, 3.05) is 32.0 Å². The fourth-order valence-electron chi connectivity index (χ4n) is 2.76. The van der Waals surface area contributed by atoms with Crippen molar-refractivity contribution in [2.45, 2.75) is 23.7 Å². The Morgan fingerprint density at radius 2 is 2.10 bits per heavy atom. The summed E-state index contributed by atoms with van der Waals surface area (Å²) in [5.41, 5.74) is 5.68. The largest absolute Gasteiger partial charge is 0.381 e. The second-order valence-corrected chi connectivity index (χ2v) is 6.95. The second-order valence-electron chi connectivity index (χ2n) is 5.10. The van der Waals surface area contributed by atoms with Crippen molar-refractivity contribution < 1.29 is 17.9 Å². The van der Waals surface area contributed by atoms with E-state index in [1.54, 1.807) is 7.05 Å². The van der Waals surface area contributed by atoms with Gasteiger partial charge in [-0.25, -0.2) is 13.4 Å². The molecule has 112 valence electrons. The molecule has 0 radical (unpaired) electrons. The van der Waals surface area contributed by atoms with E-state index in [-0.39, 0.29) is 17.4 Å². The molecule has 0 atom stereocenters. The van der Waals surface area contributed by atoms with Crippen LogP contribution < -0.4 is 5.73 Å². The van der Waals surface area contributed by atoms with Crippen LogP contribution in [0.15, 0.2) is 11.4 Å². The molecule has 0 bridgehead atoms. The van der Waals surface area contributed by atoms with Crippen molar-refractivity contribution in [1.82, 2.24) is 13.9 Å². The van der Waals surface area contributed by atoms with Crippen LogP contribution in [0.1, 0.15) is 12.8 Å². The summed E-state index contributed by atoms with van der Waals surface area (Å²) in [7, 11) is -2.09. The molecule has 0 aromatic carbocycles. The number of ether oxygens (including phenoxy) is 2. The summed E-state index contributed by atoms with van der Waals surface area (Å²) >= 11 is 0. The predicted octanol–water partition coefficient (Wildman–Crippen LogP) is -0.470. The van der Waals surface area contributed by atoms with Crippen molar-refractivity contribution in [3.05, 3.63) is 6.33 Å². The molecule has 20 heavy (non-hydrogen) atoms. The Bertz CT molecular complexity index is 586. The number of nitrogen functional groups attached to an aromatic ring is 1. The number of hydrogen-bond donors (Lipinski definition) is 1. The molecule has 2 N–H and O–H groups in total. The third-order valence-corrected chi connectivity index (χ3v) is 5.67. The molecule has 2 fully saturated rings. The summed E-state index contributed by atoms with van der Waals surface area (Å²) in [5.74, 6) is -0.779. The molecule has 3 rings (SSSR count). The van der Waals surface area contributed by atoms with Gasteiger partial charge in [-0.3, -0.25) is 0 Å². The Morgan fingerprint density at radius 1 is 1.40 bits per heavy atom. The maximum atomic E-state index is 12.7. The Labute approximate surface area is 117 Å². The first-order valence-corrected chi connectivity index (χ1v) is 7.93. The summed E-state index contributed by atoms with van der Waals surface area (Å²) in [6.45, 7) is 1.63. The van der Waals surface area contributed by atoms with Crippen LogP contribution in [0.5, 0.6) is 0 Å². The van der Waals surface area contributed by atoms with Gasteiger partial charge in [-0.1, -0.05) is 0 Å². The number of aryl methyl sites for hydroxylation is 1. The van der Waals surface area contributed by atoms with Gasteiger partial charge in [-0.15, -0.1) is 0 Å². The molecule has 9 heteroatoms. The number of sulfonamides is 1. The number of aromatic nitrogens is 2. The summed E-state index contributed by atoms with van der Waals surface area (Å²) in [4.78, 5) is 3.84. The van der Waals surface area contributed by atoms with Crippen LogP contribution >= 0.6 is 0 Å². The number of imidazole rings is 1. The average molecular weight is 302 g/mol. The van der Waals surface area contributed by atoms with Crippen molar-refractivity contribution in [2.24, 2.45) is 7.05 Å². The minimum Gasteiger partial charge on any atom is -0.381 e. The topological polar surface area (TPSA) is 99.7 Å². The van der Waals surface area contributed by atoms with Crippen molar-refractivity contribution in [1.29, 1.82) is 0 Å². The quantitative estimate of drug-likeness (QED) is 0.793. The summed E-state index contributed by atoms with van der Waals surface area (Å²) in [5, 5.41) is 0.0209. The number of hydrogen-bond acceptors (Lipinski definition) is 6. The van der Waals surface area contributed by atoms with E-state index in [0.717, 1.165) is 0 Å². The van der Waals surface area contributed by atoms with Crippen molar-refractivity contribution >= 4 is 15.8 Å². The molecule has 0 amide bonds. The molecule has 2 aliphatic heterocycles. The normalized spacial score (nSPS) is 23.4. The van der Waals surface area contributed by atoms with Gasteiger partial charge in [0.1, 0.15) is 0 Å². The van der Waals surface area contributed by atoms with Crippen LogP contribution in [-0.4, -0.2) is 54.4 Å². The van der Waals surface area contributed by atoms with Crippen LogP contribution in [-0.2, 0) is 26.5 Å². The predicted molar refractivity (Wildman–Crippen MR) is 70.2 cm³/mol. The number of anilines is 1. The monoisotopic (exact) mass is 302 g/mol. The lowest BCUT2D eigenvalue weighted by molar-refractivity contribution is -0.179. The molecule has 2 saturated heterocycles. The van der Waals surface area contributed by atoms with Gasteiger partial charge in [0, 0.05) is 20.0 Å². The van der Waals surface area contributed by atoms with E-state index in [2.05, 4.69) is 4.98 Å². The van der Waals surface area contributed by atoms with Crippen LogP contribution in [0, 0.1) is 0 Å². The summed E-state index contributed by atoms with van der Waals surface area (Å²) < 4.78 is 39.4. The molecule has 2 aliphatic rings. The van der Waals surface area contributed by atoms with E-state index >= 15 is 0 Å². The van der Waals surface area contributed by atoms with Gasteiger partial charge >= 0.3 is 0 Å². The molecule has 3 heterocycles. The highest BCUT2D eigenvalue weighted by atomic mass is 32.2. The lowest BCUT2D eigenvalue weighted by atomic mass is 10.1. The first kappa shape index (κ1) is 13.8. The molecule has 1 aromatic rings. The Kier molecular flexibility index (Phi) is 3.24. The van der Waals surface area contributed by atoms with E-state index in [9.17, 15) is 8.42 Å². The summed E-state index contributed by atoms with van der Waals surface area (Å²) in [6, 6.07) is 0. The number of nitrogens with two attached hydrogens (primary N) is 1. The van der Waals surface area contributed by atoms with Crippen LogP contribution in [0.2, 0.25) is 0 Å². The minimum atomic E-state index is -3.69. The Hall–Kier alpha value is -1.16. The standard InChI is InChI=1S/C11H18N4O4S/c1-14-8-13-9(12)10(14)20(16,17)15-4-2-3-11(7-15)18-5-6-19-11/h8H,2-7,12H2,1H3.